The quantitative estimate of drug-likeness (QED) is 0.315. The van der Waals surface area contributed by atoms with Crippen LogP contribution < -0.4 is 4.74 Å². The van der Waals surface area contributed by atoms with Gasteiger partial charge in [0.25, 0.3) is 0 Å². The Morgan fingerprint density at radius 1 is 1.03 bits per heavy atom. The Morgan fingerprint density at radius 3 is 2.66 bits per heavy atom. The summed E-state index contributed by atoms with van der Waals surface area (Å²) in [4.78, 5) is 16.5. The van der Waals surface area contributed by atoms with Crippen LogP contribution in [-0.2, 0) is 6.42 Å². The van der Waals surface area contributed by atoms with Crippen LogP contribution in [0, 0.1) is 5.92 Å². The van der Waals surface area contributed by atoms with Gasteiger partial charge in [-0.1, -0.05) is 73.9 Å². The summed E-state index contributed by atoms with van der Waals surface area (Å²) in [6.07, 6.45) is 13.7. The van der Waals surface area contributed by atoms with Crippen molar-refractivity contribution < 1.29 is 9.53 Å². The van der Waals surface area contributed by atoms with E-state index in [1.54, 1.807) is 21.6 Å². The summed E-state index contributed by atoms with van der Waals surface area (Å²) >= 11 is 0. The number of unbranched alkanes of at least 4 members (excludes halogenated alkanes) is 2. The lowest BCUT2D eigenvalue weighted by atomic mass is 9.75. The monoisotopic (exact) mass is 514 g/mol. The Bertz CT molecular complexity index is 1150. The maximum Gasteiger partial charge on any atom is 0.414 e. The topological polar surface area (TPSA) is 32.8 Å². The molecule has 3 unspecified atom stereocenters. The summed E-state index contributed by atoms with van der Waals surface area (Å²) in [5.74, 6) is 1.86. The molecule has 2 aliphatic carbocycles. The maximum absolute atomic E-state index is 12.7. The van der Waals surface area contributed by atoms with E-state index in [2.05, 4.69) is 75.3 Å². The minimum absolute atomic E-state index is 0.261. The molecule has 0 radical (unpaired) electrons. The molecule has 4 nitrogen and oxygen atoms in total. The molecule has 2 aromatic carbocycles. The summed E-state index contributed by atoms with van der Waals surface area (Å²) in [5, 5.41) is 0. The predicted octanol–water partition coefficient (Wildman–Crippen LogP) is 8.31. The fraction of sp³-hybridized carbons (Fsp3) is 0.500. The summed E-state index contributed by atoms with van der Waals surface area (Å²) in [6, 6.07) is 17.2. The fourth-order valence-electron chi connectivity index (χ4n) is 5.97. The van der Waals surface area contributed by atoms with Crippen LogP contribution in [0.5, 0.6) is 5.75 Å². The zero-order chi connectivity index (χ0) is 27.1. The van der Waals surface area contributed by atoms with Crippen molar-refractivity contribution in [3.63, 3.8) is 0 Å². The molecular weight excluding hydrogens is 468 g/mol. The van der Waals surface area contributed by atoms with Crippen LogP contribution in [0.15, 0.2) is 71.8 Å². The van der Waals surface area contributed by atoms with E-state index in [0.29, 0.717) is 24.1 Å². The summed E-state index contributed by atoms with van der Waals surface area (Å²) in [5.41, 5.74) is 7.51. The number of benzene rings is 2. The molecule has 0 spiro atoms. The third kappa shape index (κ3) is 7.17. The molecule has 0 fully saturated rings. The fourth-order valence-corrected chi connectivity index (χ4v) is 5.97. The van der Waals surface area contributed by atoms with Gasteiger partial charge in [-0.15, -0.1) is 0 Å². The van der Waals surface area contributed by atoms with Crippen molar-refractivity contribution in [2.24, 2.45) is 5.92 Å². The molecule has 0 saturated heterocycles. The first-order valence-corrected chi connectivity index (χ1v) is 14.5. The largest absolute Gasteiger partial charge is 0.414 e. The number of rotatable bonds is 9. The number of carbonyl (C=O) groups is 1. The van der Waals surface area contributed by atoms with E-state index in [4.69, 9.17) is 4.74 Å². The zero-order valence-corrected chi connectivity index (χ0v) is 24.1. The van der Waals surface area contributed by atoms with Crippen LogP contribution >= 0.6 is 0 Å². The molecule has 0 aromatic heterocycles. The molecule has 0 bridgehead atoms. The highest BCUT2D eigenvalue weighted by atomic mass is 16.6. The molecular formula is C34H46N2O2. The number of ether oxygens (including phenoxy) is 1. The average Bonchev–Trinajstić information content (AvgIpc) is 2.90. The highest BCUT2D eigenvalue weighted by Gasteiger charge is 2.24. The minimum atomic E-state index is -0.286. The first-order valence-electron chi connectivity index (χ1n) is 14.5. The van der Waals surface area contributed by atoms with Gasteiger partial charge in [0.05, 0.1) is 0 Å². The Labute approximate surface area is 230 Å². The number of carbonyl (C=O) groups excluding carboxylic acids is 1. The molecule has 3 atom stereocenters. The van der Waals surface area contributed by atoms with Gasteiger partial charge in [-0.2, -0.15) is 0 Å². The normalized spacial score (nSPS) is 19.8. The van der Waals surface area contributed by atoms with E-state index >= 15 is 0 Å². The van der Waals surface area contributed by atoms with Gasteiger partial charge in [0.15, 0.2) is 0 Å². The van der Waals surface area contributed by atoms with Gasteiger partial charge in [-0.25, -0.2) is 4.79 Å². The summed E-state index contributed by atoms with van der Waals surface area (Å²) in [7, 11) is 5.94. The van der Waals surface area contributed by atoms with Gasteiger partial charge in [-0.3, -0.25) is 0 Å². The highest BCUT2D eigenvalue weighted by molar-refractivity contribution is 5.70. The van der Waals surface area contributed by atoms with Gasteiger partial charge in [-0.05, 0) is 106 Å². The minimum Gasteiger partial charge on any atom is -0.410 e. The van der Waals surface area contributed by atoms with E-state index in [1.165, 1.54) is 31.2 Å². The number of fused-ring (bicyclic) bond motifs is 1. The molecule has 1 amide bonds. The number of nitrogens with zero attached hydrogens (tertiary/aromatic N) is 2. The predicted molar refractivity (Wildman–Crippen MR) is 158 cm³/mol. The Kier molecular flexibility index (Phi) is 9.85. The lowest BCUT2D eigenvalue weighted by molar-refractivity contribution is 0.162. The van der Waals surface area contributed by atoms with Crippen molar-refractivity contribution in [2.75, 3.05) is 27.7 Å². The number of hydrogen-bond acceptors (Lipinski definition) is 3. The van der Waals surface area contributed by atoms with E-state index < -0.39 is 0 Å². The van der Waals surface area contributed by atoms with E-state index in [-0.39, 0.29) is 12.1 Å². The van der Waals surface area contributed by atoms with Crippen molar-refractivity contribution in [3.05, 3.63) is 88.5 Å². The molecule has 2 aromatic rings. The second-order valence-electron chi connectivity index (χ2n) is 11.5. The van der Waals surface area contributed by atoms with Gasteiger partial charge in [0.1, 0.15) is 5.75 Å². The van der Waals surface area contributed by atoms with Crippen molar-refractivity contribution >= 4 is 6.09 Å². The van der Waals surface area contributed by atoms with Crippen LogP contribution in [-0.4, -0.2) is 43.6 Å². The van der Waals surface area contributed by atoms with Crippen LogP contribution in [0.4, 0.5) is 4.79 Å². The Hall–Kier alpha value is -2.85. The van der Waals surface area contributed by atoms with Crippen LogP contribution in [0.1, 0.15) is 87.4 Å². The molecule has 204 valence electrons. The average molecular weight is 515 g/mol. The van der Waals surface area contributed by atoms with Gasteiger partial charge in [0.2, 0.25) is 0 Å². The lowest BCUT2D eigenvalue weighted by Gasteiger charge is -2.30. The molecule has 0 aliphatic heterocycles. The van der Waals surface area contributed by atoms with Crippen molar-refractivity contribution in [3.8, 4) is 5.75 Å². The third-order valence-corrected chi connectivity index (χ3v) is 8.62. The molecule has 2 aliphatic rings. The number of hydrogen-bond donors (Lipinski definition) is 0. The SMILES string of the molecule is CC1CC=CC2=C1CCc1ccccc1C(CCCCCN(C)C(=O)Oc1cccc(C(C)N(C)C)c1)C2. The highest BCUT2D eigenvalue weighted by Crippen LogP contribution is 2.40. The van der Waals surface area contributed by atoms with E-state index in [9.17, 15) is 4.79 Å². The standard InChI is InChI=1S/C34H46N2O2/c1-25-13-11-17-29-23-30(33-19-9-8-14-27(33)20-21-32(25)29)15-7-6-10-22-36(5)34(37)38-31-18-12-16-28(24-31)26(2)35(3)4/h8-9,11-12,14,16-19,24-26,30H,6-7,10,13,15,20-23H2,1-5H3. The van der Waals surface area contributed by atoms with Crippen molar-refractivity contribution in [1.82, 2.24) is 9.80 Å². The number of amides is 1. The number of aryl methyl sites for hydroxylation is 1. The Morgan fingerprint density at radius 2 is 1.84 bits per heavy atom. The van der Waals surface area contributed by atoms with Crippen molar-refractivity contribution in [1.29, 1.82) is 0 Å². The number of allylic oxidation sites excluding steroid dienone is 4. The molecule has 0 N–H and O–H groups in total. The first kappa shape index (κ1) is 28.2. The maximum atomic E-state index is 12.7. The second-order valence-corrected chi connectivity index (χ2v) is 11.5. The van der Waals surface area contributed by atoms with Crippen molar-refractivity contribution in [2.45, 2.75) is 77.2 Å². The lowest BCUT2D eigenvalue weighted by Crippen LogP contribution is -2.30. The van der Waals surface area contributed by atoms with Gasteiger partial charge < -0.3 is 14.5 Å². The zero-order valence-electron chi connectivity index (χ0n) is 24.1. The van der Waals surface area contributed by atoms with Gasteiger partial charge >= 0.3 is 6.09 Å². The molecule has 4 rings (SSSR count). The van der Waals surface area contributed by atoms with Crippen LogP contribution in [0.2, 0.25) is 0 Å². The van der Waals surface area contributed by atoms with Gasteiger partial charge in [0, 0.05) is 19.6 Å². The molecule has 0 heterocycles. The third-order valence-electron chi connectivity index (χ3n) is 8.62. The van der Waals surface area contributed by atoms with Crippen LogP contribution in [0.25, 0.3) is 0 Å². The summed E-state index contributed by atoms with van der Waals surface area (Å²) in [6.45, 7) is 5.25. The molecule has 38 heavy (non-hydrogen) atoms. The first-order chi connectivity index (χ1) is 18.3. The Balaban J connectivity index is 1.27. The second kappa shape index (κ2) is 13.3. The molecule has 0 saturated carbocycles. The smallest absolute Gasteiger partial charge is 0.410 e. The molecule has 4 heteroatoms. The van der Waals surface area contributed by atoms with E-state index in [0.717, 1.165) is 31.2 Å². The summed E-state index contributed by atoms with van der Waals surface area (Å²) < 4.78 is 5.68. The van der Waals surface area contributed by atoms with Crippen LogP contribution in [0.3, 0.4) is 0 Å². The van der Waals surface area contributed by atoms with E-state index in [1.807, 2.05) is 25.2 Å².